The van der Waals surface area contributed by atoms with E-state index in [2.05, 4.69) is 5.32 Å². The van der Waals surface area contributed by atoms with E-state index in [1.54, 1.807) is 0 Å². The van der Waals surface area contributed by atoms with E-state index in [9.17, 15) is 9.18 Å². The van der Waals surface area contributed by atoms with E-state index >= 15 is 0 Å². The molecule has 1 fully saturated rings. The van der Waals surface area contributed by atoms with Crippen LogP contribution < -0.4 is 11.1 Å². The molecule has 2 rings (SSSR count). The second-order valence-electron chi connectivity index (χ2n) is 5.69. The Morgan fingerprint density at radius 1 is 1.37 bits per heavy atom. The van der Waals surface area contributed by atoms with Crippen LogP contribution in [-0.2, 0) is 4.79 Å². The van der Waals surface area contributed by atoms with Crippen LogP contribution in [0.15, 0.2) is 18.2 Å². The standard InChI is InChI=1S/C15H21FN2O/c1-10-7-12(16)9-13(8-10)18-15(2,14(17)19)11-5-3-4-6-11/h7-9,11,18H,3-6H2,1-2H3,(H2,17,19). The van der Waals surface area contributed by atoms with Gasteiger partial charge in [-0.3, -0.25) is 4.79 Å². The van der Waals surface area contributed by atoms with E-state index in [0.717, 1.165) is 31.2 Å². The van der Waals surface area contributed by atoms with Crippen LogP contribution in [0.5, 0.6) is 0 Å². The monoisotopic (exact) mass is 264 g/mol. The molecule has 1 aromatic rings. The van der Waals surface area contributed by atoms with Gasteiger partial charge >= 0.3 is 0 Å². The number of halogens is 1. The molecule has 1 aliphatic rings. The van der Waals surface area contributed by atoms with Gasteiger partial charge in [-0.15, -0.1) is 0 Å². The van der Waals surface area contributed by atoms with E-state index in [-0.39, 0.29) is 17.6 Å². The third kappa shape index (κ3) is 2.88. The molecule has 0 aromatic heterocycles. The number of nitrogens with one attached hydrogen (secondary N) is 1. The van der Waals surface area contributed by atoms with E-state index in [0.29, 0.717) is 5.69 Å². The minimum atomic E-state index is -0.809. The van der Waals surface area contributed by atoms with Gasteiger partial charge in [0.2, 0.25) is 5.91 Å². The van der Waals surface area contributed by atoms with Crippen molar-refractivity contribution in [2.24, 2.45) is 11.7 Å². The van der Waals surface area contributed by atoms with Gasteiger partial charge in [-0.05, 0) is 56.4 Å². The molecule has 0 radical (unpaired) electrons. The number of nitrogens with two attached hydrogens (primary N) is 1. The number of carbonyl (C=O) groups excluding carboxylic acids is 1. The largest absolute Gasteiger partial charge is 0.371 e. The van der Waals surface area contributed by atoms with Crippen molar-refractivity contribution in [3.63, 3.8) is 0 Å². The number of benzene rings is 1. The third-order valence-electron chi connectivity index (χ3n) is 4.13. The molecular formula is C15H21FN2O. The topological polar surface area (TPSA) is 55.1 Å². The summed E-state index contributed by atoms with van der Waals surface area (Å²) in [6, 6.07) is 4.70. The first-order chi connectivity index (χ1) is 8.91. The van der Waals surface area contributed by atoms with Crippen molar-refractivity contribution in [1.29, 1.82) is 0 Å². The highest BCUT2D eigenvalue weighted by atomic mass is 19.1. The van der Waals surface area contributed by atoms with Crippen LogP contribution >= 0.6 is 0 Å². The van der Waals surface area contributed by atoms with Gasteiger partial charge in [-0.2, -0.15) is 0 Å². The van der Waals surface area contributed by atoms with Crippen molar-refractivity contribution in [2.45, 2.75) is 45.1 Å². The molecule has 0 spiro atoms. The highest BCUT2D eigenvalue weighted by Crippen LogP contribution is 2.36. The van der Waals surface area contributed by atoms with Crippen LogP contribution in [0.25, 0.3) is 0 Å². The second-order valence-corrected chi connectivity index (χ2v) is 5.69. The summed E-state index contributed by atoms with van der Waals surface area (Å²) in [5.74, 6) is -0.462. The van der Waals surface area contributed by atoms with Crippen LogP contribution in [0.2, 0.25) is 0 Å². The van der Waals surface area contributed by atoms with Gasteiger partial charge in [0.15, 0.2) is 0 Å². The van der Waals surface area contributed by atoms with Gasteiger partial charge < -0.3 is 11.1 Å². The Bertz CT molecular complexity index is 463. The number of aryl methyl sites for hydroxylation is 1. The third-order valence-corrected chi connectivity index (χ3v) is 4.13. The van der Waals surface area contributed by atoms with Crippen LogP contribution in [0.1, 0.15) is 38.2 Å². The molecule has 104 valence electrons. The summed E-state index contributed by atoms with van der Waals surface area (Å²) in [7, 11) is 0. The SMILES string of the molecule is Cc1cc(F)cc(NC(C)(C(N)=O)C2CCCC2)c1. The first kappa shape index (κ1) is 13.8. The summed E-state index contributed by atoms with van der Waals surface area (Å²) in [5.41, 5.74) is 6.21. The molecule has 19 heavy (non-hydrogen) atoms. The predicted octanol–water partition coefficient (Wildman–Crippen LogP) is 2.98. The molecule has 1 aromatic carbocycles. The number of hydrogen-bond donors (Lipinski definition) is 2. The first-order valence-electron chi connectivity index (χ1n) is 6.77. The molecule has 0 saturated heterocycles. The molecule has 3 N–H and O–H groups in total. The van der Waals surface area contributed by atoms with E-state index in [4.69, 9.17) is 5.73 Å². The summed E-state index contributed by atoms with van der Waals surface area (Å²) >= 11 is 0. The maximum Gasteiger partial charge on any atom is 0.243 e. The van der Waals surface area contributed by atoms with Crippen LogP contribution in [0.3, 0.4) is 0 Å². The average molecular weight is 264 g/mol. The smallest absolute Gasteiger partial charge is 0.243 e. The summed E-state index contributed by atoms with van der Waals surface area (Å²) in [4.78, 5) is 11.8. The molecular weight excluding hydrogens is 243 g/mol. The Hall–Kier alpha value is -1.58. The zero-order valence-electron chi connectivity index (χ0n) is 11.5. The molecule has 1 unspecified atom stereocenters. The van der Waals surface area contributed by atoms with Gasteiger partial charge in [-0.1, -0.05) is 12.8 Å². The molecule has 1 amide bonds. The fraction of sp³-hybridized carbons (Fsp3) is 0.533. The first-order valence-corrected chi connectivity index (χ1v) is 6.77. The average Bonchev–Trinajstić information content (AvgIpc) is 2.80. The van der Waals surface area contributed by atoms with Crippen LogP contribution in [0.4, 0.5) is 10.1 Å². The maximum absolute atomic E-state index is 13.4. The zero-order chi connectivity index (χ0) is 14.0. The summed E-state index contributed by atoms with van der Waals surface area (Å²) in [5, 5.41) is 3.16. The lowest BCUT2D eigenvalue weighted by atomic mass is 9.83. The predicted molar refractivity (Wildman–Crippen MR) is 74.3 cm³/mol. The lowest BCUT2D eigenvalue weighted by Crippen LogP contribution is -2.52. The number of amides is 1. The van der Waals surface area contributed by atoms with E-state index in [1.165, 1.54) is 12.1 Å². The summed E-state index contributed by atoms with van der Waals surface area (Å²) < 4.78 is 13.4. The summed E-state index contributed by atoms with van der Waals surface area (Å²) in [6.07, 6.45) is 4.22. The molecule has 3 nitrogen and oxygen atoms in total. The Kier molecular flexibility index (Phi) is 3.78. The number of anilines is 1. The molecule has 1 atom stereocenters. The Morgan fingerprint density at radius 3 is 2.53 bits per heavy atom. The highest BCUT2D eigenvalue weighted by Gasteiger charge is 2.41. The van der Waals surface area contributed by atoms with E-state index in [1.807, 2.05) is 19.9 Å². The van der Waals surface area contributed by atoms with Crippen molar-refractivity contribution in [1.82, 2.24) is 0 Å². The molecule has 0 heterocycles. The molecule has 4 heteroatoms. The zero-order valence-corrected chi connectivity index (χ0v) is 11.5. The maximum atomic E-state index is 13.4. The summed E-state index contributed by atoms with van der Waals surface area (Å²) in [6.45, 7) is 3.65. The van der Waals surface area contributed by atoms with Gasteiger partial charge in [0.05, 0.1) is 0 Å². The number of carbonyl (C=O) groups is 1. The molecule has 1 saturated carbocycles. The van der Waals surface area contributed by atoms with Gasteiger partial charge in [0.1, 0.15) is 11.4 Å². The Balaban J connectivity index is 2.27. The van der Waals surface area contributed by atoms with Crippen LogP contribution in [-0.4, -0.2) is 11.4 Å². The lowest BCUT2D eigenvalue weighted by Gasteiger charge is -2.34. The second kappa shape index (κ2) is 5.19. The molecule has 0 aliphatic heterocycles. The minimum Gasteiger partial charge on any atom is -0.371 e. The molecule has 0 bridgehead atoms. The van der Waals surface area contributed by atoms with Crippen molar-refractivity contribution in [3.05, 3.63) is 29.6 Å². The van der Waals surface area contributed by atoms with Crippen molar-refractivity contribution < 1.29 is 9.18 Å². The Labute approximate surface area is 113 Å². The van der Waals surface area contributed by atoms with Gasteiger partial charge in [-0.25, -0.2) is 4.39 Å². The minimum absolute atomic E-state index is 0.216. The fourth-order valence-corrected chi connectivity index (χ4v) is 2.98. The quantitative estimate of drug-likeness (QED) is 0.878. The van der Waals surface area contributed by atoms with E-state index < -0.39 is 5.54 Å². The van der Waals surface area contributed by atoms with Crippen LogP contribution in [0, 0.1) is 18.7 Å². The number of hydrogen-bond acceptors (Lipinski definition) is 2. The number of rotatable bonds is 4. The Morgan fingerprint density at radius 2 is 2.00 bits per heavy atom. The van der Waals surface area contributed by atoms with Crippen molar-refractivity contribution >= 4 is 11.6 Å². The van der Waals surface area contributed by atoms with Gasteiger partial charge in [0.25, 0.3) is 0 Å². The van der Waals surface area contributed by atoms with Gasteiger partial charge in [0, 0.05) is 5.69 Å². The normalized spacial score (nSPS) is 19.1. The van der Waals surface area contributed by atoms with Crippen molar-refractivity contribution in [3.8, 4) is 0 Å². The highest BCUT2D eigenvalue weighted by molar-refractivity contribution is 5.88. The molecule has 1 aliphatic carbocycles. The fourth-order valence-electron chi connectivity index (χ4n) is 2.98. The lowest BCUT2D eigenvalue weighted by molar-refractivity contribution is -0.123. The van der Waals surface area contributed by atoms with Crippen molar-refractivity contribution in [2.75, 3.05) is 5.32 Å². The number of primary amides is 1.